The Hall–Kier alpha value is -1.93. The summed E-state index contributed by atoms with van der Waals surface area (Å²) in [6.07, 6.45) is 0. The maximum atomic E-state index is 5.33. The Morgan fingerprint density at radius 3 is 2.62 bits per heavy atom. The minimum atomic E-state index is -0.0297. The van der Waals surface area contributed by atoms with Crippen LogP contribution in [0.4, 0.5) is 5.13 Å². The van der Waals surface area contributed by atoms with Crippen molar-refractivity contribution in [1.29, 1.82) is 0 Å². The number of benzene rings is 1. The van der Waals surface area contributed by atoms with E-state index in [9.17, 15) is 0 Å². The first-order valence-corrected chi connectivity index (χ1v) is 9.33. The molecule has 126 valence electrons. The largest absolute Gasteiger partial charge is 0.355 e. The molecule has 3 aromatic rings. The first kappa shape index (κ1) is 16.9. The van der Waals surface area contributed by atoms with Gasteiger partial charge in [-0.3, -0.25) is 0 Å². The predicted octanol–water partition coefficient (Wildman–Crippen LogP) is 4.40. The Morgan fingerprint density at radius 2 is 1.92 bits per heavy atom. The third-order valence-corrected chi connectivity index (χ3v) is 4.95. The van der Waals surface area contributed by atoms with E-state index >= 15 is 0 Å². The Labute approximate surface area is 149 Å². The van der Waals surface area contributed by atoms with Gasteiger partial charge in [0.1, 0.15) is 0 Å². The lowest BCUT2D eigenvalue weighted by Gasteiger charge is -2.18. The molecular weight excluding hydrogens is 342 g/mol. The summed E-state index contributed by atoms with van der Waals surface area (Å²) in [4.78, 5) is 4.43. The van der Waals surface area contributed by atoms with Crippen LogP contribution in [-0.4, -0.2) is 25.9 Å². The Balaban J connectivity index is 1.60. The summed E-state index contributed by atoms with van der Waals surface area (Å²) in [5, 5.41) is 16.5. The van der Waals surface area contributed by atoms with Crippen LogP contribution in [0.25, 0.3) is 11.5 Å². The third kappa shape index (κ3) is 4.55. The maximum Gasteiger partial charge on any atom is 0.257 e. The first-order chi connectivity index (χ1) is 11.4. The van der Waals surface area contributed by atoms with Gasteiger partial charge in [-0.15, -0.1) is 10.2 Å². The zero-order chi connectivity index (χ0) is 17.2. The molecule has 0 spiro atoms. The summed E-state index contributed by atoms with van der Waals surface area (Å²) < 4.78 is 6.21. The van der Waals surface area contributed by atoms with Crippen molar-refractivity contribution in [3.8, 4) is 11.5 Å². The molecule has 3 rings (SSSR count). The summed E-state index contributed by atoms with van der Waals surface area (Å²) in [7, 11) is 0. The number of anilines is 1. The van der Waals surface area contributed by atoms with Crippen molar-refractivity contribution in [2.24, 2.45) is 0 Å². The minimum absolute atomic E-state index is 0.0297. The summed E-state index contributed by atoms with van der Waals surface area (Å²) >= 11 is 3.08. The van der Waals surface area contributed by atoms with Gasteiger partial charge in [0.25, 0.3) is 5.89 Å². The molecule has 0 aliphatic carbocycles. The second-order valence-electron chi connectivity index (χ2n) is 6.42. The Bertz CT molecular complexity index is 804. The summed E-state index contributed by atoms with van der Waals surface area (Å²) in [6, 6.07) is 8.02. The number of aromatic nitrogens is 4. The van der Waals surface area contributed by atoms with Crippen LogP contribution in [0.2, 0.25) is 0 Å². The van der Waals surface area contributed by atoms with Crippen molar-refractivity contribution in [3.05, 3.63) is 35.7 Å². The molecule has 6 nitrogen and oxygen atoms in total. The Kier molecular flexibility index (Phi) is 4.86. The molecule has 24 heavy (non-hydrogen) atoms. The standard InChI is InChI=1S/C16H19N5OS2/c1-10-5-7-11(8-6-10)13-17-12(21-22-13)9-23-15-20-19-14(24-15)18-16(2,3)4/h5-8H,9H2,1-4H3,(H,18,19). The van der Waals surface area contributed by atoms with E-state index in [1.807, 2.05) is 31.2 Å². The molecule has 0 unspecified atom stereocenters. The lowest BCUT2D eigenvalue weighted by Crippen LogP contribution is -2.25. The molecule has 0 aliphatic heterocycles. The first-order valence-electron chi connectivity index (χ1n) is 7.53. The van der Waals surface area contributed by atoms with E-state index in [1.54, 1.807) is 11.8 Å². The second kappa shape index (κ2) is 6.90. The number of rotatable bonds is 5. The number of hydrogen-bond acceptors (Lipinski definition) is 8. The zero-order valence-electron chi connectivity index (χ0n) is 14.0. The number of hydrogen-bond donors (Lipinski definition) is 1. The monoisotopic (exact) mass is 361 g/mol. The highest BCUT2D eigenvalue weighted by Gasteiger charge is 2.14. The van der Waals surface area contributed by atoms with Gasteiger partial charge >= 0.3 is 0 Å². The van der Waals surface area contributed by atoms with Crippen molar-refractivity contribution in [2.45, 2.75) is 43.3 Å². The SMILES string of the molecule is Cc1ccc(-c2nc(CSc3nnc(NC(C)(C)C)s3)no2)cc1. The molecule has 0 radical (unpaired) electrons. The molecule has 0 fully saturated rings. The molecule has 8 heteroatoms. The van der Waals surface area contributed by atoms with Crippen LogP contribution in [-0.2, 0) is 5.75 Å². The fraction of sp³-hybridized carbons (Fsp3) is 0.375. The smallest absolute Gasteiger partial charge is 0.257 e. The summed E-state index contributed by atoms with van der Waals surface area (Å²) in [5.74, 6) is 1.79. The molecule has 1 N–H and O–H groups in total. The van der Waals surface area contributed by atoms with Crippen LogP contribution in [0, 0.1) is 6.92 Å². The fourth-order valence-corrected chi connectivity index (χ4v) is 3.70. The quantitative estimate of drug-likeness (QED) is 0.675. The number of thioether (sulfide) groups is 1. The molecule has 1 aromatic carbocycles. The van der Waals surface area contributed by atoms with E-state index in [0.29, 0.717) is 17.5 Å². The van der Waals surface area contributed by atoms with Crippen molar-refractivity contribution < 1.29 is 4.52 Å². The van der Waals surface area contributed by atoms with Gasteiger partial charge < -0.3 is 9.84 Å². The van der Waals surface area contributed by atoms with E-state index in [1.165, 1.54) is 16.9 Å². The lowest BCUT2D eigenvalue weighted by molar-refractivity contribution is 0.425. The molecule has 0 atom stereocenters. The molecule has 0 saturated heterocycles. The number of nitrogens with one attached hydrogen (secondary N) is 1. The van der Waals surface area contributed by atoms with E-state index < -0.39 is 0 Å². The van der Waals surface area contributed by atoms with E-state index in [-0.39, 0.29) is 5.54 Å². The molecule has 0 bridgehead atoms. The average Bonchev–Trinajstić information content (AvgIpc) is 3.13. The molecule has 0 amide bonds. The normalized spacial score (nSPS) is 11.7. The molecule has 2 aromatic heterocycles. The molecular formula is C16H19N5OS2. The van der Waals surface area contributed by atoms with Gasteiger partial charge in [0.05, 0.1) is 5.75 Å². The molecule has 0 aliphatic rings. The van der Waals surface area contributed by atoms with Crippen molar-refractivity contribution in [2.75, 3.05) is 5.32 Å². The van der Waals surface area contributed by atoms with Crippen LogP contribution in [0.5, 0.6) is 0 Å². The second-order valence-corrected chi connectivity index (χ2v) is 8.62. The van der Waals surface area contributed by atoms with Gasteiger partial charge in [0.15, 0.2) is 10.2 Å². The predicted molar refractivity (Wildman–Crippen MR) is 97.3 cm³/mol. The van der Waals surface area contributed by atoms with Crippen LogP contribution in [0.1, 0.15) is 32.2 Å². The Morgan fingerprint density at radius 1 is 1.17 bits per heavy atom. The topological polar surface area (TPSA) is 76.7 Å². The van der Waals surface area contributed by atoms with Gasteiger partial charge in [0.2, 0.25) is 5.13 Å². The van der Waals surface area contributed by atoms with Crippen LogP contribution < -0.4 is 5.32 Å². The number of nitrogens with zero attached hydrogens (tertiary/aromatic N) is 4. The fourth-order valence-electron chi connectivity index (χ4n) is 1.89. The average molecular weight is 361 g/mol. The summed E-state index contributed by atoms with van der Waals surface area (Å²) in [6.45, 7) is 8.32. The number of aryl methyl sites for hydroxylation is 1. The van der Waals surface area contributed by atoms with E-state index in [4.69, 9.17) is 4.52 Å². The van der Waals surface area contributed by atoms with Gasteiger partial charge in [-0.05, 0) is 39.8 Å². The van der Waals surface area contributed by atoms with E-state index in [2.05, 4.69) is 46.4 Å². The molecule has 2 heterocycles. The van der Waals surface area contributed by atoms with Gasteiger partial charge in [-0.25, -0.2) is 0 Å². The highest BCUT2D eigenvalue weighted by molar-refractivity contribution is 8.00. The lowest BCUT2D eigenvalue weighted by atomic mass is 10.1. The summed E-state index contributed by atoms with van der Waals surface area (Å²) in [5.41, 5.74) is 2.10. The zero-order valence-corrected chi connectivity index (χ0v) is 15.7. The van der Waals surface area contributed by atoms with Gasteiger partial charge in [-0.1, -0.05) is 46.0 Å². The van der Waals surface area contributed by atoms with Crippen molar-refractivity contribution in [1.82, 2.24) is 20.3 Å². The van der Waals surface area contributed by atoms with Crippen molar-refractivity contribution >= 4 is 28.2 Å². The van der Waals surface area contributed by atoms with Gasteiger partial charge in [0, 0.05) is 11.1 Å². The van der Waals surface area contributed by atoms with Crippen LogP contribution >= 0.6 is 23.1 Å². The van der Waals surface area contributed by atoms with Crippen molar-refractivity contribution in [3.63, 3.8) is 0 Å². The van der Waals surface area contributed by atoms with E-state index in [0.717, 1.165) is 15.0 Å². The third-order valence-electron chi connectivity index (χ3n) is 2.98. The van der Waals surface area contributed by atoms with Crippen LogP contribution in [0.3, 0.4) is 0 Å². The highest BCUT2D eigenvalue weighted by atomic mass is 32.2. The minimum Gasteiger partial charge on any atom is -0.355 e. The highest BCUT2D eigenvalue weighted by Crippen LogP contribution is 2.29. The maximum absolute atomic E-state index is 5.33. The van der Waals surface area contributed by atoms with Crippen LogP contribution in [0.15, 0.2) is 33.1 Å². The molecule has 0 saturated carbocycles. The van der Waals surface area contributed by atoms with Gasteiger partial charge in [-0.2, -0.15) is 4.98 Å².